The lowest BCUT2D eigenvalue weighted by Crippen LogP contribution is -2.58. The number of aromatic nitrogens is 2. The molecule has 5 rings (SSSR count). The summed E-state index contributed by atoms with van der Waals surface area (Å²) < 4.78 is 0. The van der Waals surface area contributed by atoms with Crippen LogP contribution < -0.4 is 15.5 Å². The van der Waals surface area contributed by atoms with E-state index in [-0.39, 0.29) is 5.91 Å². The molecule has 1 spiro atoms. The highest BCUT2D eigenvalue weighted by Crippen LogP contribution is 2.33. The molecular formula is C19H17N5O2S. The standard InChI is InChI=1S/C19H17N5O2S/c25-17-19(23-18(26)22-17)8-4-9-24(11-19)16-12-5-1-2-6-13(12)20-15(21-16)14-7-3-10-27-14/h1-3,5-7,10H,4,8-9,11H2,(H2,22,23,25,26). The highest BCUT2D eigenvalue weighted by molar-refractivity contribution is 7.13. The number of hydrogen-bond acceptors (Lipinski definition) is 6. The summed E-state index contributed by atoms with van der Waals surface area (Å²) >= 11 is 1.59. The van der Waals surface area contributed by atoms with Crippen LogP contribution in [0.1, 0.15) is 12.8 Å². The first kappa shape index (κ1) is 16.2. The fourth-order valence-electron chi connectivity index (χ4n) is 3.87. The van der Waals surface area contributed by atoms with E-state index >= 15 is 0 Å². The number of fused-ring (bicyclic) bond motifs is 1. The van der Waals surface area contributed by atoms with E-state index in [2.05, 4.69) is 15.5 Å². The van der Waals surface area contributed by atoms with Crippen LogP contribution in [0.3, 0.4) is 0 Å². The summed E-state index contributed by atoms with van der Waals surface area (Å²) in [4.78, 5) is 36.8. The van der Waals surface area contributed by atoms with Gasteiger partial charge in [0.2, 0.25) is 0 Å². The number of benzene rings is 1. The van der Waals surface area contributed by atoms with Gasteiger partial charge in [0.25, 0.3) is 5.91 Å². The van der Waals surface area contributed by atoms with Crippen molar-refractivity contribution >= 4 is 40.0 Å². The zero-order chi connectivity index (χ0) is 18.4. The van der Waals surface area contributed by atoms with E-state index < -0.39 is 11.6 Å². The Hall–Kier alpha value is -3.00. The summed E-state index contributed by atoms with van der Waals surface area (Å²) in [6, 6.07) is 11.4. The highest BCUT2D eigenvalue weighted by atomic mass is 32.1. The lowest BCUT2D eigenvalue weighted by Gasteiger charge is -2.39. The molecule has 2 saturated heterocycles. The van der Waals surface area contributed by atoms with Crippen LogP contribution in [0.5, 0.6) is 0 Å². The number of hydrogen-bond donors (Lipinski definition) is 2. The van der Waals surface area contributed by atoms with Gasteiger partial charge in [-0.2, -0.15) is 0 Å². The summed E-state index contributed by atoms with van der Waals surface area (Å²) in [5, 5.41) is 8.15. The summed E-state index contributed by atoms with van der Waals surface area (Å²) in [6.07, 6.45) is 1.42. The van der Waals surface area contributed by atoms with Gasteiger partial charge in [0.15, 0.2) is 5.82 Å². The second-order valence-electron chi connectivity index (χ2n) is 6.88. The lowest BCUT2D eigenvalue weighted by atomic mass is 9.89. The largest absolute Gasteiger partial charge is 0.353 e. The first-order valence-electron chi connectivity index (χ1n) is 8.84. The number of nitrogens with one attached hydrogen (secondary N) is 2. The first-order valence-corrected chi connectivity index (χ1v) is 9.72. The number of amides is 3. The van der Waals surface area contributed by atoms with Crippen LogP contribution in [-0.2, 0) is 4.79 Å². The van der Waals surface area contributed by atoms with E-state index in [1.165, 1.54) is 0 Å². The smallest absolute Gasteiger partial charge is 0.322 e. The molecule has 0 saturated carbocycles. The minimum Gasteiger partial charge on any atom is -0.353 e. The normalized spacial score (nSPS) is 22.3. The van der Waals surface area contributed by atoms with Gasteiger partial charge in [-0.05, 0) is 36.4 Å². The van der Waals surface area contributed by atoms with Gasteiger partial charge in [0.1, 0.15) is 11.4 Å². The molecule has 3 aromatic rings. The van der Waals surface area contributed by atoms with E-state index in [1.54, 1.807) is 11.3 Å². The molecule has 1 atom stereocenters. The van der Waals surface area contributed by atoms with Gasteiger partial charge < -0.3 is 10.2 Å². The molecule has 136 valence electrons. The molecule has 1 unspecified atom stereocenters. The zero-order valence-corrected chi connectivity index (χ0v) is 15.3. The maximum Gasteiger partial charge on any atom is 0.322 e. The van der Waals surface area contributed by atoms with E-state index in [0.29, 0.717) is 18.8 Å². The molecular weight excluding hydrogens is 362 g/mol. The molecule has 1 aromatic carbocycles. The van der Waals surface area contributed by atoms with Crippen molar-refractivity contribution in [1.82, 2.24) is 20.6 Å². The summed E-state index contributed by atoms with van der Waals surface area (Å²) in [5.74, 6) is 1.23. The number of piperidine rings is 1. The van der Waals surface area contributed by atoms with Crippen molar-refractivity contribution in [3.63, 3.8) is 0 Å². The Kier molecular flexibility index (Phi) is 3.61. The van der Waals surface area contributed by atoms with Crippen LogP contribution >= 0.6 is 11.3 Å². The number of imide groups is 1. The molecule has 0 radical (unpaired) electrons. The maximum absolute atomic E-state index is 12.4. The van der Waals surface area contributed by atoms with Crippen LogP contribution in [0.25, 0.3) is 21.6 Å². The van der Waals surface area contributed by atoms with Crippen molar-refractivity contribution in [2.24, 2.45) is 0 Å². The number of urea groups is 1. The summed E-state index contributed by atoms with van der Waals surface area (Å²) in [5.41, 5.74) is -0.0183. The molecule has 2 aliphatic heterocycles. The number of carbonyl (C=O) groups excluding carboxylic acids is 2. The number of para-hydroxylation sites is 1. The van der Waals surface area contributed by atoms with E-state index in [9.17, 15) is 9.59 Å². The Morgan fingerprint density at radius 1 is 1.11 bits per heavy atom. The summed E-state index contributed by atoms with van der Waals surface area (Å²) in [7, 11) is 0. The Morgan fingerprint density at radius 2 is 2.00 bits per heavy atom. The van der Waals surface area contributed by atoms with Gasteiger partial charge >= 0.3 is 6.03 Å². The highest BCUT2D eigenvalue weighted by Gasteiger charge is 2.49. The van der Waals surface area contributed by atoms with Crippen LogP contribution in [-0.4, -0.2) is 40.5 Å². The van der Waals surface area contributed by atoms with Gasteiger partial charge in [-0.15, -0.1) is 11.3 Å². The van der Waals surface area contributed by atoms with Gasteiger partial charge in [-0.25, -0.2) is 14.8 Å². The fourth-order valence-corrected chi connectivity index (χ4v) is 4.53. The topological polar surface area (TPSA) is 87.2 Å². The number of anilines is 1. The Bertz CT molecular complexity index is 1050. The lowest BCUT2D eigenvalue weighted by molar-refractivity contribution is -0.124. The molecule has 2 N–H and O–H groups in total. The molecule has 7 nitrogen and oxygen atoms in total. The van der Waals surface area contributed by atoms with Gasteiger partial charge in [-0.3, -0.25) is 10.1 Å². The van der Waals surface area contributed by atoms with Crippen LogP contribution in [0.2, 0.25) is 0 Å². The molecule has 0 aliphatic carbocycles. The van der Waals surface area contributed by atoms with Crippen molar-refractivity contribution in [2.45, 2.75) is 18.4 Å². The molecule has 8 heteroatoms. The number of carbonyl (C=O) groups is 2. The van der Waals surface area contributed by atoms with E-state index in [4.69, 9.17) is 9.97 Å². The average molecular weight is 379 g/mol. The zero-order valence-electron chi connectivity index (χ0n) is 14.4. The van der Waals surface area contributed by atoms with Crippen LogP contribution in [0, 0.1) is 0 Å². The van der Waals surface area contributed by atoms with Gasteiger partial charge in [-0.1, -0.05) is 18.2 Å². The minimum absolute atomic E-state index is 0.256. The monoisotopic (exact) mass is 379 g/mol. The minimum atomic E-state index is -0.884. The number of nitrogens with zero attached hydrogens (tertiary/aromatic N) is 3. The van der Waals surface area contributed by atoms with Crippen molar-refractivity contribution in [2.75, 3.05) is 18.0 Å². The molecule has 4 heterocycles. The molecule has 0 bridgehead atoms. The second kappa shape index (κ2) is 6.02. The maximum atomic E-state index is 12.4. The fraction of sp³-hybridized carbons (Fsp3) is 0.263. The Labute approximate surface area is 159 Å². The van der Waals surface area contributed by atoms with Crippen molar-refractivity contribution in [3.05, 3.63) is 41.8 Å². The van der Waals surface area contributed by atoms with E-state index in [1.807, 2.05) is 41.8 Å². The molecule has 2 aliphatic rings. The molecule has 27 heavy (non-hydrogen) atoms. The molecule has 3 amide bonds. The SMILES string of the molecule is O=C1NC(=O)C2(CCCN(c3nc(-c4cccs4)nc4ccccc34)C2)N1. The number of thiophene rings is 1. The van der Waals surface area contributed by atoms with Crippen molar-refractivity contribution < 1.29 is 9.59 Å². The predicted octanol–water partition coefficient (Wildman–Crippen LogP) is 2.54. The third-order valence-corrected chi connectivity index (χ3v) is 6.00. The first-order chi connectivity index (χ1) is 13.1. The van der Waals surface area contributed by atoms with Gasteiger partial charge in [0, 0.05) is 11.9 Å². The van der Waals surface area contributed by atoms with Crippen LogP contribution in [0.4, 0.5) is 10.6 Å². The summed E-state index contributed by atoms with van der Waals surface area (Å²) in [6.45, 7) is 1.17. The second-order valence-corrected chi connectivity index (χ2v) is 7.83. The van der Waals surface area contributed by atoms with Gasteiger partial charge in [0.05, 0.1) is 16.9 Å². The van der Waals surface area contributed by atoms with Crippen molar-refractivity contribution in [3.8, 4) is 10.7 Å². The van der Waals surface area contributed by atoms with Crippen molar-refractivity contribution in [1.29, 1.82) is 0 Å². The Balaban J connectivity index is 1.61. The quantitative estimate of drug-likeness (QED) is 0.668. The van der Waals surface area contributed by atoms with Crippen LogP contribution in [0.15, 0.2) is 41.8 Å². The molecule has 2 fully saturated rings. The third kappa shape index (κ3) is 2.64. The average Bonchev–Trinajstić information content (AvgIpc) is 3.30. The predicted molar refractivity (Wildman–Crippen MR) is 104 cm³/mol. The number of rotatable bonds is 2. The molecule has 2 aromatic heterocycles. The Morgan fingerprint density at radius 3 is 2.78 bits per heavy atom. The third-order valence-electron chi connectivity index (χ3n) is 5.13. The van der Waals surface area contributed by atoms with E-state index in [0.717, 1.165) is 34.6 Å².